The van der Waals surface area contributed by atoms with Gasteiger partial charge in [-0.25, -0.2) is 0 Å². The van der Waals surface area contributed by atoms with Gasteiger partial charge in [-0.05, 0) is 74.0 Å². The maximum atomic E-state index is 6.34. The van der Waals surface area contributed by atoms with Gasteiger partial charge in [-0.3, -0.25) is 0 Å². The van der Waals surface area contributed by atoms with Gasteiger partial charge in [0.05, 0.1) is 19.2 Å². The largest absolute Gasteiger partial charge is 0.493 e. The molecule has 4 heteroatoms. The number of hydrogen-bond acceptors (Lipinski definition) is 3. The monoisotopic (exact) mass is 335 g/mol. The van der Waals surface area contributed by atoms with Crippen LogP contribution in [0.4, 0.5) is 0 Å². The Kier molecular flexibility index (Phi) is 3.97. The summed E-state index contributed by atoms with van der Waals surface area (Å²) in [5.74, 6) is 4.21. The Morgan fingerprint density at radius 1 is 1.04 bits per heavy atom. The minimum absolute atomic E-state index is 0.369. The molecule has 5 rings (SSSR count). The van der Waals surface area contributed by atoms with Crippen LogP contribution in [0.3, 0.4) is 0 Å². The second kappa shape index (κ2) is 5.86. The number of benzene rings is 1. The lowest BCUT2D eigenvalue weighted by Gasteiger charge is -2.57. The highest BCUT2D eigenvalue weighted by Gasteiger charge is 2.50. The van der Waals surface area contributed by atoms with E-state index >= 15 is 0 Å². The molecule has 3 nitrogen and oxygen atoms in total. The Morgan fingerprint density at radius 3 is 2.17 bits per heavy atom. The number of rotatable bonds is 5. The van der Waals surface area contributed by atoms with Crippen molar-refractivity contribution in [3.8, 4) is 11.5 Å². The van der Waals surface area contributed by atoms with E-state index in [4.69, 9.17) is 21.1 Å². The van der Waals surface area contributed by atoms with E-state index in [1.165, 1.54) is 44.1 Å². The van der Waals surface area contributed by atoms with E-state index < -0.39 is 0 Å². The first-order valence-corrected chi connectivity index (χ1v) is 9.14. The quantitative estimate of drug-likeness (QED) is 0.864. The molecule has 4 saturated carbocycles. The van der Waals surface area contributed by atoms with Gasteiger partial charge in [-0.1, -0.05) is 11.6 Å². The highest BCUT2D eigenvalue weighted by molar-refractivity contribution is 6.32. The van der Waals surface area contributed by atoms with Crippen molar-refractivity contribution < 1.29 is 9.47 Å². The molecule has 0 amide bonds. The predicted octanol–water partition coefficient (Wildman–Crippen LogP) is 4.42. The summed E-state index contributed by atoms with van der Waals surface area (Å²) >= 11 is 6.34. The zero-order valence-corrected chi connectivity index (χ0v) is 14.8. The number of hydrogen-bond donors (Lipinski definition) is 1. The molecule has 4 aliphatic carbocycles. The van der Waals surface area contributed by atoms with E-state index in [-0.39, 0.29) is 0 Å². The van der Waals surface area contributed by atoms with Crippen LogP contribution in [0.1, 0.15) is 44.1 Å². The Labute approximate surface area is 143 Å². The summed E-state index contributed by atoms with van der Waals surface area (Å²) in [6, 6.07) is 4.04. The van der Waals surface area contributed by atoms with Gasteiger partial charge >= 0.3 is 0 Å². The molecular weight excluding hydrogens is 310 g/mol. The molecular formula is C19H26ClNO2. The van der Waals surface area contributed by atoms with Gasteiger partial charge < -0.3 is 14.8 Å². The fraction of sp³-hybridized carbons (Fsp3) is 0.684. The summed E-state index contributed by atoms with van der Waals surface area (Å²) in [6.45, 7) is 0.853. The lowest BCUT2D eigenvalue weighted by atomic mass is 9.53. The third kappa shape index (κ3) is 2.83. The average Bonchev–Trinajstić information content (AvgIpc) is 2.51. The van der Waals surface area contributed by atoms with Crippen LogP contribution in [0.5, 0.6) is 11.5 Å². The zero-order valence-electron chi connectivity index (χ0n) is 14.0. The molecule has 0 aliphatic heterocycles. The molecule has 23 heavy (non-hydrogen) atoms. The fourth-order valence-electron chi connectivity index (χ4n) is 5.69. The summed E-state index contributed by atoms with van der Waals surface area (Å²) in [4.78, 5) is 0. The molecule has 1 N–H and O–H groups in total. The van der Waals surface area contributed by atoms with Crippen molar-refractivity contribution in [3.05, 3.63) is 22.7 Å². The highest BCUT2D eigenvalue weighted by atomic mass is 35.5. The van der Waals surface area contributed by atoms with Gasteiger partial charge in [0.1, 0.15) is 0 Å². The van der Waals surface area contributed by atoms with Crippen LogP contribution in [-0.4, -0.2) is 19.8 Å². The molecule has 0 saturated heterocycles. The molecule has 0 unspecified atom stereocenters. The molecule has 0 atom stereocenters. The molecule has 1 aromatic carbocycles. The van der Waals surface area contributed by atoms with Gasteiger partial charge in [-0.15, -0.1) is 0 Å². The van der Waals surface area contributed by atoms with Crippen LogP contribution in [0.25, 0.3) is 0 Å². The number of methoxy groups -OCH3 is 2. The van der Waals surface area contributed by atoms with Gasteiger partial charge in [0.25, 0.3) is 0 Å². The van der Waals surface area contributed by atoms with Crippen LogP contribution in [0.2, 0.25) is 5.02 Å². The van der Waals surface area contributed by atoms with E-state index in [9.17, 15) is 0 Å². The van der Waals surface area contributed by atoms with Crippen molar-refractivity contribution in [2.24, 2.45) is 17.8 Å². The third-order valence-corrected chi connectivity index (χ3v) is 6.48. The van der Waals surface area contributed by atoms with Crippen LogP contribution in [0, 0.1) is 17.8 Å². The Balaban J connectivity index is 1.50. The SMILES string of the molecule is COc1cc(CNC23CC4CC(CC(C4)C2)C3)cc(Cl)c1OC. The van der Waals surface area contributed by atoms with E-state index in [0.717, 1.165) is 24.3 Å². The van der Waals surface area contributed by atoms with E-state index in [1.54, 1.807) is 14.2 Å². The minimum atomic E-state index is 0.369. The second-order valence-corrected chi connectivity index (χ2v) is 8.27. The summed E-state index contributed by atoms with van der Waals surface area (Å²) in [5.41, 5.74) is 1.54. The summed E-state index contributed by atoms with van der Waals surface area (Å²) < 4.78 is 10.7. The van der Waals surface area contributed by atoms with Crippen LogP contribution < -0.4 is 14.8 Å². The molecule has 4 fully saturated rings. The van der Waals surface area contributed by atoms with Crippen molar-refractivity contribution in [1.82, 2.24) is 5.32 Å². The molecule has 4 bridgehead atoms. The Morgan fingerprint density at radius 2 is 1.65 bits per heavy atom. The smallest absolute Gasteiger partial charge is 0.179 e. The van der Waals surface area contributed by atoms with E-state index in [0.29, 0.717) is 22.1 Å². The second-order valence-electron chi connectivity index (χ2n) is 7.86. The summed E-state index contributed by atoms with van der Waals surface area (Å²) in [5, 5.41) is 4.52. The molecule has 0 heterocycles. The van der Waals surface area contributed by atoms with Crippen molar-refractivity contribution in [2.45, 2.75) is 50.6 Å². The summed E-state index contributed by atoms with van der Waals surface area (Å²) in [6.07, 6.45) is 8.51. The predicted molar refractivity (Wildman–Crippen MR) is 92.3 cm³/mol. The van der Waals surface area contributed by atoms with Gasteiger partial charge in [-0.2, -0.15) is 0 Å². The normalized spacial score (nSPS) is 34.7. The van der Waals surface area contributed by atoms with E-state index in [2.05, 4.69) is 5.32 Å². The lowest BCUT2D eigenvalue weighted by molar-refractivity contribution is -0.0206. The maximum Gasteiger partial charge on any atom is 0.179 e. The van der Waals surface area contributed by atoms with Crippen molar-refractivity contribution in [1.29, 1.82) is 0 Å². The molecule has 1 aromatic rings. The average molecular weight is 336 g/mol. The van der Waals surface area contributed by atoms with Crippen molar-refractivity contribution in [2.75, 3.05) is 14.2 Å². The van der Waals surface area contributed by atoms with Gasteiger partial charge in [0, 0.05) is 12.1 Å². The standard InChI is InChI=1S/C19H26ClNO2/c1-22-17-7-15(6-16(20)18(17)23-2)11-21-19-8-12-3-13(9-19)5-14(4-12)10-19/h6-7,12-14,21H,3-5,8-11H2,1-2H3. The lowest BCUT2D eigenvalue weighted by Crippen LogP contribution is -2.58. The van der Waals surface area contributed by atoms with Crippen LogP contribution in [-0.2, 0) is 6.54 Å². The fourth-order valence-corrected chi connectivity index (χ4v) is 6.00. The van der Waals surface area contributed by atoms with Gasteiger partial charge in [0.2, 0.25) is 0 Å². The first-order valence-electron chi connectivity index (χ1n) is 8.76. The number of ether oxygens (including phenoxy) is 2. The van der Waals surface area contributed by atoms with Crippen LogP contribution in [0.15, 0.2) is 12.1 Å². The first-order chi connectivity index (χ1) is 11.1. The van der Waals surface area contributed by atoms with Crippen LogP contribution >= 0.6 is 11.6 Å². The first kappa shape index (κ1) is 15.6. The van der Waals surface area contributed by atoms with Crippen molar-refractivity contribution >= 4 is 11.6 Å². The molecule has 4 aliphatic rings. The van der Waals surface area contributed by atoms with Crippen molar-refractivity contribution in [3.63, 3.8) is 0 Å². The molecule has 0 aromatic heterocycles. The summed E-state index contributed by atoms with van der Waals surface area (Å²) in [7, 11) is 3.28. The molecule has 126 valence electrons. The third-order valence-electron chi connectivity index (χ3n) is 6.20. The Bertz CT molecular complexity index is 566. The zero-order chi connectivity index (χ0) is 16.0. The molecule has 0 radical (unpaired) electrons. The van der Waals surface area contributed by atoms with E-state index in [1.807, 2.05) is 12.1 Å². The maximum absolute atomic E-state index is 6.34. The molecule has 0 spiro atoms. The highest BCUT2D eigenvalue weighted by Crippen LogP contribution is 2.55. The number of nitrogens with one attached hydrogen (secondary N) is 1. The topological polar surface area (TPSA) is 30.5 Å². The minimum Gasteiger partial charge on any atom is -0.493 e. The van der Waals surface area contributed by atoms with Gasteiger partial charge in [0.15, 0.2) is 11.5 Å². The Hall–Kier alpha value is -0.930. The number of halogens is 1.